The Balaban J connectivity index is 1.36. The quantitative estimate of drug-likeness (QED) is 0.310. The van der Waals surface area contributed by atoms with Gasteiger partial charge in [-0.25, -0.2) is 17.6 Å². The van der Waals surface area contributed by atoms with Crippen LogP contribution in [-0.2, 0) is 16.1 Å². The van der Waals surface area contributed by atoms with Gasteiger partial charge in [0.1, 0.15) is 24.1 Å². The largest absolute Gasteiger partial charge is 0.348 e. The number of ether oxygens (including phenoxy) is 2. The van der Waals surface area contributed by atoms with Gasteiger partial charge in [0.2, 0.25) is 0 Å². The van der Waals surface area contributed by atoms with E-state index in [4.69, 9.17) is 9.47 Å². The molecule has 1 heterocycles. The molecule has 178 valence electrons. The Morgan fingerprint density at radius 2 is 1.55 bits per heavy atom. The summed E-state index contributed by atoms with van der Waals surface area (Å²) in [7, 11) is 0. The number of hydrogen-bond acceptors (Lipinski definition) is 2. The van der Waals surface area contributed by atoms with Crippen molar-refractivity contribution < 1.29 is 27.0 Å². The molecule has 33 heavy (non-hydrogen) atoms. The number of allylic oxidation sites excluding steroid dienone is 1. The molecule has 1 saturated heterocycles. The standard InChI is InChI=1S/C27H30F4O2/c1-2-3-4-17-5-7-18(8-6-17)21-15-32-27(33-16-21)19-9-10-22(24(29)11-19)20-12-25(30)23(14-28)26(31)13-20/h2,9-13,17-18,21,27H,1,3-8,14-16H2. The zero-order valence-corrected chi connectivity index (χ0v) is 18.7. The van der Waals surface area contributed by atoms with E-state index in [0.717, 1.165) is 24.5 Å². The number of hydrogen-bond donors (Lipinski definition) is 0. The Bertz CT molecular complexity index is 938. The van der Waals surface area contributed by atoms with Gasteiger partial charge in [0.15, 0.2) is 6.29 Å². The van der Waals surface area contributed by atoms with Gasteiger partial charge in [-0.05, 0) is 61.3 Å². The second kappa shape index (κ2) is 10.8. The summed E-state index contributed by atoms with van der Waals surface area (Å²) in [5.74, 6) is -1.00. The first kappa shape index (κ1) is 24.0. The van der Waals surface area contributed by atoms with Crippen LogP contribution < -0.4 is 0 Å². The lowest BCUT2D eigenvalue weighted by molar-refractivity contribution is -0.214. The van der Waals surface area contributed by atoms with Crippen LogP contribution in [-0.4, -0.2) is 13.2 Å². The first-order valence-electron chi connectivity index (χ1n) is 11.7. The molecule has 0 atom stereocenters. The molecule has 0 radical (unpaired) electrons. The molecule has 6 heteroatoms. The van der Waals surface area contributed by atoms with E-state index in [2.05, 4.69) is 6.58 Å². The minimum atomic E-state index is -1.26. The van der Waals surface area contributed by atoms with E-state index in [-0.39, 0.29) is 11.1 Å². The minimum absolute atomic E-state index is 0.0143. The Labute approximate surface area is 192 Å². The fraction of sp³-hybridized carbons (Fsp3) is 0.481. The summed E-state index contributed by atoms with van der Waals surface area (Å²) in [6, 6.07) is 6.23. The second-order valence-electron chi connectivity index (χ2n) is 9.20. The number of halogens is 4. The van der Waals surface area contributed by atoms with Gasteiger partial charge < -0.3 is 9.47 Å². The molecule has 0 aromatic heterocycles. The molecule has 0 amide bonds. The summed E-state index contributed by atoms with van der Waals surface area (Å²) in [5, 5.41) is 0. The normalized spacial score (nSPS) is 25.7. The Morgan fingerprint density at radius 3 is 2.12 bits per heavy atom. The first-order chi connectivity index (χ1) is 16.0. The average molecular weight is 463 g/mol. The van der Waals surface area contributed by atoms with Crippen LogP contribution in [0.1, 0.15) is 55.9 Å². The molecule has 1 saturated carbocycles. The van der Waals surface area contributed by atoms with E-state index in [1.807, 2.05) is 6.08 Å². The molecule has 2 nitrogen and oxygen atoms in total. The molecule has 0 N–H and O–H groups in total. The number of alkyl halides is 1. The van der Waals surface area contributed by atoms with E-state index in [1.54, 1.807) is 6.07 Å². The van der Waals surface area contributed by atoms with Crippen molar-refractivity contribution in [2.24, 2.45) is 17.8 Å². The van der Waals surface area contributed by atoms with Crippen molar-refractivity contribution >= 4 is 0 Å². The molecule has 4 rings (SSSR count). The zero-order chi connectivity index (χ0) is 23.4. The molecule has 1 aliphatic heterocycles. The molecule has 0 unspecified atom stereocenters. The molecule has 0 bridgehead atoms. The van der Waals surface area contributed by atoms with E-state index < -0.39 is 36.0 Å². The highest BCUT2D eigenvalue weighted by Crippen LogP contribution is 2.39. The molecule has 2 fully saturated rings. The second-order valence-corrected chi connectivity index (χ2v) is 9.20. The van der Waals surface area contributed by atoms with Gasteiger partial charge in [0.25, 0.3) is 0 Å². The molecule has 1 aliphatic carbocycles. The van der Waals surface area contributed by atoms with Gasteiger partial charge in [-0.15, -0.1) is 6.58 Å². The lowest BCUT2D eigenvalue weighted by Crippen LogP contribution is -2.34. The fourth-order valence-corrected chi connectivity index (χ4v) is 5.08. The molecule has 2 aromatic carbocycles. The van der Waals surface area contributed by atoms with Crippen LogP contribution in [0, 0.1) is 35.2 Å². The van der Waals surface area contributed by atoms with Crippen molar-refractivity contribution in [3.05, 3.63) is 71.6 Å². The fourth-order valence-electron chi connectivity index (χ4n) is 5.08. The van der Waals surface area contributed by atoms with Gasteiger partial charge in [0, 0.05) is 17.0 Å². The molecule has 2 aliphatic rings. The topological polar surface area (TPSA) is 18.5 Å². The zero-order valence-electron chi connectivity index (χ0n) is 18.7. The van der Waals surface area contributed by atoms with Gasteiger partial charge in [0.05, 0.1) is 18.8 Å². The molecular weight excluding hydrogens is 432 g/mol. The predicted molar refractivity (Wildman–Crippen MR) is 120 cm³/mol. The van der Waals surface area contributed by atoms with Crippen molar-refractivity contribution in [2.45, 2.75) is 51.5 Å². The van der Waals surface area contributed by atoms with E-state index in [1.165, 1.54) is 44.2 Å². The minimum Gasteiger partial charge on any atom is -0.348 e. The highest BCUT2D eigenvalue weighted by molar-refractivity contribution is 5.65. The van der Waals surface area contributed by atoms with Crippen LogP contribution in [0.3, 0.4) is 0 Å². The SMILES string of the molecule is C=CCCC1CCC(C2COC(c3ccc(-c4cc(F)c(CF)c(F)c4)c(F)c3)OC2)CC1. The Hall–Kier alpha value is -2.18. The van der Waals surface area contributed by atoms with Gasteiger partial charge in [-0.3, -0.25) is 0 Å². The van der Waals surface area contributed by atoms with E-state index in [0.29, 0.717) is 30.6 Å². The number of rotatable bonds is 7. The maximum Gasteiger partial charge on any atom is 0.183 e. The van der Waals surface area contributed by atoms with Crippen molar-refractivity contribution in [3.63, 3.8) is 0 Å². The third kappa shape index (κ3) is 5.49. The summed E-state index contributed by atoms with van der Waals surface area (Å²) in [6.07, 6.45) is 8.45. The van der Waals surface area contributed by atoms with Crippen LogP contribution in [0.2, 0.25) is 0 Å². The van der Waals surface area contributed by atoms with Crippen molar-refractivity contribution in [1.82, 2.24) is 0 Å². The molecule has 0 spiro atoms. The highest BCUT2D eigenvalue weighted by atomic mass is 19.1. The summed E-state index contributed by atoms with van der Waals surface area (Å²) >= 11 is 0. The van der Waals surface area contributed by atoms with Crippen molar-refractivity contribution in [3.8, 4) is 11.1 Å². The highest BCUT2D eigenvalue weighted by Gasteiger charge is 2.32. The lowest BCUT2D eigenvalue weighted by Gasteiger charge is -2.37. The first-order valence-corrected chi connectivity index (χ1v) is 11.7. The maximum absolute atomic E-state index is 14.8. The van der Waals surface area contributed by atoms with Crippen LogP contribution in [0.25, 0.3) is 11.1 Å². The van der Waals surface area contributed by atoms with Crippen LogP contribution in [0.4, 0.5) is 17.6 Å². The average Bonchev–Trinajstić information content (AvgIpc) is 2.83. The van der Waals surface area contributed by atoms with Gasteiger partial charge in [-0.1, -0.05) is 31.1 Å². The third-order valence-electron chi connectivity index (χ3n) is 7.11. The summed E-state index contributed by atoms with van der Waals surface area (Å²) in [5.41, 5.74) is -0.0897. The van der Waals surface area contributed by atoms with Crippen LogP contribution in [0.5, 0.6) is 0 Å². The molecule has 2 aromatic rings. The monoisotopic (exact) mass is 462 g/mol. The third-order valence-corrected chi connectivity index (χ3v) is 7.11. The maximum atomic E-state index is 14.8. The molecular formula is C27H30F4O2. The van der Waals surface area contributed by atoms with E-state index >= 15 is 0 Å². The summed E-state index contributed by atoms with van der Waals surface area (Å²) in [6.45, 7) is 3.68. The summed E-state index contributed by atoms with van der Waals surface area (Å²) < 4.78 is 67.2. The van der Waals surface area contributed by atoms with Gasteiger partial charge >= 0.3 is 0 Å². The van der Waals surface area contributed by atoms with E-state index in [9.17, 15) is 17.6 Å². The smallest absolute Gasteiger partial charge is 0.183 e. The number of benzene rings is 2. The Morgan fingerprint density at radius 1 is 0.879 bits per heavy atom. The predicted octanol–water partition coefficient (Wildman–Crippen LogP) is 7.67. The lowest BCUT2D eigenvalue weighted by atomic mass is 9.75. The van der Waals surface area contributed by atoms with Crippen LogP contribution in [0.15, 0.2) is 43.0 Å². The Kier molecular flexibility index (Phi) is 7.86. The van der Waals surface area contributed by atoms with Crippen molar-refractivity contribution in [1.29, 1.82) is 0 Å². The van der Waals surface area contributed by atoms with Crippen LogP contribution >= 0.6 is 0 Å². The summed E-state index contributed by atoms with van der Waals surface area (Å²) in [4.78, 5) is 0. The van der Waals surface area contributed by atoms with Gasteiger partial charge in [-0.2, -0.15) is 0 Å². The van der Waals surface area contributed by atoms with Crippen molar-refractivity contribution in [2.75, 3.05) is 13.2 Å².